The van der Waals surface area contributed by atoms with Gasteiger partial charge in [0, 0.05) is 44.8 Å². The maximum atomic E-state index is 13.2. The van der Waals surface area contributed by atoms with Crippen LogP contribution in [0.25, 0.3) is 11.3 Å². The monoisotopic (exact) mass is 532 g/mol. The highest BCUT2D eigenvalue weighted by Crippen LogP contribution is 2.31. The number of aromatic nitrogens is 2. The Morgan fingerprint density at radius 3 is 2.31 bits per heavy atom. The van der Waals surface area contributed by atoms with Gasteiger partial charge < -0.3 is 29.5 Å². The van der Waals surface area contributed by atoms with E-state index in [1.54, 1.807) is 19.1 Å². The van der Waals surface area contributed by atoms with Crippen LogP contribution in [0.4, 0.5) is 10.6 Å². The maximum Gasteiger partial charge on any atom is 0.318 e. The molecule has 10 nitrogen and oxygen atoms in total. The van der Waals surface area contributed by atoms with Gasteiger partial charge in [-0.05, 0) is 42.3 Å². The molecule has 0 aliphatic carbocycles. The van der Waals surface area contributed by atoms with Crippen LogP contribution in [0.15, 0.2) is 60.7 Å². The Bertz CT molecular complexity index is 1230. The maximum absolute atomic E-state index is 13.2. The average Bonchev–Trinajstić information content (AvgIpc) is 2.99. The number of piperazine rings is 1. The summed E-state index contributed by atoms with van der Waals surface area (Å²) in [6.45, 7) is 5.35. The van der Waals surface area contributed by atoms with Crippen molar-refractivity contribution in [3.63, 3.8) is 0 Å². The van der Waals surface area contributed by atoms with Crippen LogP contribution >= 0.6 is 0 Å². The molecule has 2 heterocycles. The number of carbonyl (C=O) groups excluding carboxylic acids is 2. The van der Waals surface area contributed by atoms with E-state index in [-0.39, 0.29) is 18.5 Å². The van der Waals surface area contributed by atoms with Crippen LogP contribution in [0.1, 0.15) is 18.9 Å². The molecule has 4 rings (SSSR count). The Kier molecular flexibility index (Phi) is 9.55. The van der Waals surface area contributed by atoms with Crippen LogP contribution < -0.4 is 19.7 Å². The molecule has 1 N–H and O–H groups in total. The van der Waals surface area contributed by atoms with Crippen molar-refractivity contribution in [2.24, 2.45) is 0 Å². The molecule has 1 fully saturated rings. The summed E-state index contributed by atoms with van der Waals surface area (Å²) in [6, 6.07) is 19.0. The van der Waals surface area contributed by atoms with E-state index in [0.717, 1.165) is 29.1 Å². The molecule has 206 valence electrons. The molecule has 10 heteroatoms. The molecule has 3 aromatic rings. The highest BCUT2D eigenvalue weighted by molar-refractivity contribution is 5.84. The van der Waals surface area contributed by atoms with Crippen LogP contribution in [0, 0.1) is 0 Å². The second-order valence-electron chi connectivity index (χ2n) is 9.29. The third kappa shape index (κ3) is 7.16. The normalized spacial score (nSPS) is 13.1. The number of benzene rings is 2. The zero-order chi connectivity index (χ0) is 27.6. The third-order valence-corrected chi connectivity index (χ3v) is 6.64. The Morgan fingerprint density at radius 1 is 0.923 bits per heavy atom. The van der Waals surface area contributed by atoms with Crippen molar-refractivity contribution in [1.29, 1.82) is 0 Å². The lowest BCUT2D eigenvalue weighted by Crippen LogP contribution is -2.53. The zero-order valence-corrected chi connectivity index (χ0v) is 22.8. The third-order valence-electron chi connectivity index (χ3n) is 6.64. The minimum absolute atomic E-state index is 0.0320. The predicted octanol–water partition coefficient (Wildman–Crippen LogP) is 3.43. The van der Waals surface area contributed by atoms with Gasteiger partial charge in [0.05, 0.1) is 19.9 Å². The van der Waals surface area contributed by atoms with E-state index >= 15 is 0 Å². The van der Waals surface area contributed by atoms with E-state index in [4.69, 9.17) is 9.47 Å². The van der Waals surface area contributed by atoms with Gasteiger partial charge in [0.25, 0.3) is 0 Å². The molecule has 1 aliphatic rings. The summed E-state index contributed by atoms with van der Waals surface area (Å²) in [5.74, 6) is 1.98. The molecule has 0 unspecified atom stereocenters. The number of nitrogens with one attached hydrogen (secondary N) is 1. The van der Waals surface area contributed by atoms with E-state index in [0.29, 0.717) is 50.8 Å². The second-order valence-corrected chi connectivity index (χ2v) is 9.29. The molecule has 3 amide bonds. The van der Waals surface area contributed by atoms with Crippen LogP contribution in [0.3, 0.4) is 0 Å². The number of amides is 3. The molecule has 0 radical (unpaired) electrons. The molecule has 1 aliphatic heterocycles. The lowest BCUT2D eigenvalue weighted by molar-refractivity contribution is -0.132. The number of hydrogen-bond donors (Lipinski definition) is 1. The zero-order valence-electron chi connectivity index (χ0n) is 22.8. The van der Waals surface area contributed by atoms with E-state index in [9.17, 15) is 9.59 Å². The number of rotatable bonds is 10. The fourth-order valence-corrected chi connectivity index (χ4v) is 4.44. The second kappa shape index (κ2) is 13.5. The molecule has 1 aromatic heterocycles. The molecule has 2 aromatic carbocycles. The van der Waals surface area contributed by atoms with Gasteiger partial charge in [0.15, 0.2) is 17.3 Å². The lowest BCUT2D eigenvalue weighted by atomic mass is 10.1. The Morgan fingerprint density at radius 2 is 1.67 bits per heavy atom. The Hall–Kier alpha value is -4.34. The molecule has 0 atom stereocenters. The molecule has 1 saturated heterocycles. The summed E-state index contributed by atoms with van der Waals surface area (Å²) in [6.07, 6.45) is 0.832. The number of carbonyl (C=O) groups is 2. The van der Waals surface area contributed by atoms with Gasteiger partial charge in [-0.15, -0.1) is 10.2 Å². The van der Waals surface area contributed by atoms with Gasteiger partial charge in [-0.25, -0.2) is 4.79 Å². The summed E-state index contributed by atoms with van der Waals surface area (Å²) in [4.78, 5) is 31.4. The molecule has 0 spiro atoms. The van der Waals surface area contributed by atoms with E-state index in [1.165, 1.54) is 0 Å². The van der Waals surface area contributed by atoms with E-state index < -0.39 is 0 Å². The van der Waals surface area contributed by atoms with E-state index in [1.807, 2.05) is 72.5 Å². The van der Waals surface area contributed by atoms with Gasteiger partial charge >= 0.3 is 6.03 Å². The van der Waals surface area contributed by atoms with Crippen LogP contribution in [0.2, 0.25) is 0 Å². The summed E-state index contributed by atoms with van der Waals surface area (Å²) in [5.41, 5.74) is 2.59. The fourth-order valence-electron chi connectivity index (χ4n) is 4.44. The number of urea groups is 1. The van der Waals surface area contributed by atoms with Crippen LogP contribution in [-0.2, 0) is 11.3 Å². The first kappa shape index (κ1) is 27.7. The van der Waals surface area contributed by atoms with Crippen molar-refractivity contribution in [2.75, 3.05) is 58.4 Å². The van der Waals surface area contributed by atoms with Gasteiger partial charge in [-0.1, -0.05) is 37.3 Å². The largest absolute Gasteiger partial charge is 0.493 e. The Balaban J connectivity index is 1.34. The summed E-state index contributed by atoms with van der Waals surface area (Å²) >= 11 is 0. The van der Waals surface area contributed by atoms with Gasteiger partial charge in [-0.3, -0.25) is 4.79 Å². The smallest absolute Gasteiger partial charge is 0.318 e. The van der Waals surface area contributed by atoms with Crippen molar-refractivity contribution in [3.05, 3.63) is 66.2 Å². The van der Waals surface area contributed by atoms with Gasteiger partial charge in [-0.2, -0.15) is 0 Å². The van der Waals surface area contributed by atoms with E-state index in [2.05, 4.69) is 20.4 Å². The summed E-state index contributed by atoms with van der Waals surface area (Å²) in [7, 11) is 3.20. The van der Waals surface area contributed by atoms with Crippen molar-refractivity contribution in [3.8, 4) is 22.8 Å². The van der Waals surface area contributed by atoms with Crippen molar-refractivity contribution in [1.82, 2.24) is 25.3 Å². The van der Waals surface area contributed by atoms with Crippen molar-refractivity contribution >= 4 is 17.8 Å². The highest BCUT2D eigenvalue weighted by atomic mass is 16.5. The first-order valence-corrected chi connectivity index (χ1v) is 13.2. The highest BCUT2D eigenvalue weighted by Gasteiger charge is 2.25. The minimum atomic E-state index is -0.225. The van der Waals surface area contributed by atoms with Crippen molar-refractivity contribution in [2.45, 2.75) is 19.9 Å². The molecule has 39 heavy (non-hydrogen) atoms. The SMILES string of the molecule is CCCNC(=O)N(CC(=O)N1CCN(c2ccc(-c3ccc(OC)c(OC)c3)nn2)CC1)Cc1ccccc1. The standard InChI is InChI=1S/C29H36N6O4/c1-4-14-30-29(37)35(20-22-8-6-5-7-9-22)21-28(36)34-17-15-33(16-18-34)27-13-11-24(31-32-27)23-10-12-25(38-2)26(19-23)39-3/h5-13,19H,4,14-18,20-21H2,1-3H3,(H,30,37). The van der Waals surface area contributed by atoms with Crippen molar-refractivity contribution < 1.29 is 19.1 Å². The number of nitrogens with zero attached hydrogens (tertiary/aromatic N) is 5. The summed E-state index contributed by atoms with van der Waals surface area (Å²) in [5, 5.41) is 11.7. The molecular formula is C29H36N6O4. The Labute approximate surface area is 229 Å². The lowest BCUT2D eigenvalue weighted by Gasteiger charge is -2.36. The fraction of sp³-hybridized carbons (Fsp3) is 0.379. The average molecular weight is 533 g/mol. The molecule has 0 saturated carbocycles. The van der Waals surface area contributed by atoms with Crippen LogP contribution in [0.5, 0.6) is 11.5 Å². The van der Waals surface area contributed by atoms with Gasteiger partial charge in [0.2, 0.25) is 5.91 Å². The predicted molar refractivity (Wildman–Crippen MR) is 150 cm³/mol. The number of hydrogen-bond acceptors (Lipinski definition) is 7. The summed E-state index contributed by atoms with van der Waals surface area (Å²) < 4.78 is 10.7. The number of anilines is 1. The molecular weight excluding hydrogens is 496 g/mol. The molecule has 0 bridgehead atoms. The van der Waals surface area contributed by atoms with Crippen LogP contribution in [-0.4, -0.2) is 85.4 Å². The number of methoxy groups -OCH3 is 2. The quantitative estimate of drug-likeness (QED) is 0.427. The first-order chi connectivity index (χ1) is 19.0. The number of ether oxygens (including phenoxy) is 2. The minimum Gasteiger partial charge on any atom is -0.493 e. The first-order valence-electron chi connectivity index (χ1n) is 13.2. The topological polar surface area (TPSA) is 100 Å². The van der Waals surface area contributed by atoms with Gasteiger partial charge in [0.1, 0.15) is 6.54 Å².